The summed E-state index contributed by atoms with van der Waals surface area (Å²) in [5, 5.41) is 5.27. The number of hydrogen-bond donors (Lipinski definition) is 2. The molecule has 0 aromatic carbocycles. The summed E-state index contributed by atoms with van der Waals surface area (Å²) in [6.45, 7) is 7.81. The molecule has 1 aromatic heterocycles. The number of carbonyl (C=O) groups is 1. The minimum absolute atomic E-state index is 0. The number of nitrogens with one attached hydrogen (secondary N) is 1. The van der Waals surface area contributed by atoms with Gasteiger partial charge >= 0.3 is 0 Å². The molecule has 3 rings (SSSR count). The summed E-state index contributed by atoms with van der Waals surface area (Å²) in [4.78, 5) is 17.4. The minimum Gasteiger partial charge on any atom is -0.366 e. The Morgan fingerprint density at radius 3 is 2.81 bits per heavy atom. The molecule has 2 fully saturated rings. The Morgan fingerprint density at radius 2 is 2.14 bits per heavy atom. The second kappa shape index (κ2) is 7.56. The van der Waals surface area contributed by atoms with Gasteiger partial charge in [-0.25, -0.2) is 0 Å². The molecule has 1 aromatic rings. The van der Waals surface area contributed by atoms with Crippen LogP contribution < -0.4 is 11.1 Å². The standard InChI is InChI=1S/C14H22N4OS.ClH/c15-14(19)11-7-13(20-10-11)9-17-4-1-12(8-17)18-5-2-16-3-6-18;/h7,10,12,16H,1-6,8-9H2,(H2,15,19);1H. The first kappa shape index (κ1) is 16.7. The third kappa shape index (κ3) is 4.17. The first-order chi connectivity index (χ1) is 9.72. The van der Waals surface area contributed by atoms with Crippen molar-refractivity contribution in [3.8, 4) is 0 Å². The molecule has 1 atom stereocenters. The summed E-state index contributed by atoms with van der Waals surface area (Å²) in [5.41, 5.74) is 5.94. The van der Waals surface area contributed by atoms with Crippen molar-refractivity contribution in [1.29, 1.82) is 0 Å². The van der Waals surface area contributed by atoms with E-state index in [9.17, 15) is 4.79 Å². The van der Waals surface area contributed by atoms with Crippen molar-refractivity contribution in [1.82, 2.24) is 15.1 Å². The van der Waals surface area contributed by atoms with Crippen LogP contribution in [0.1, 0.15) is 21.7 Å². The third-order valence-corrected chi connectivity index (χ3v) is 5.15. The molecule has 2 saturated heterocycles. The van der Waals surface area contributed by atoms with Crippen LogP contribution in [0.3, 0.4) is 0 Å². The van der Waals surface area contributed by atoms with Gasteiger partial charge in [-0.2, -0.15) is 0 Å². The van der Waals surface area contributed by atoms with E-state index in [0.717, 1.165) is 32.7 Å². The summed E-state index contributed by atoms with van der Waals surface area (Å²) >= 11 is 1.64. The lowest BCUT2D eigenvalue weighted by molar-refractivity contribution is 0.100. The van der Waals surface area contributed by atoms with Crippen LogP contribution in [0.4, 0.5) is 0 Å². The topological polar surface area (TPSA) is 61.6 Å². The molecular formula is C14H23ClN4OS. The molecule has 2 aliphatic heterocycles. The average molecular weight is 331 g/mol. The van der Waals surface area contributed by atoms with Gasteiger partial charge in [0.1, 0.15) is 0 Å². The maximum Gasteiger partial charge on any atom is 0.249 e. The molecule has 2 aliphatic rings. The molecule has 0 spiro atoms. The fourth-order valence-electron chi connectivity index (χ4n) is 3.11. The lowest BCUT2D eigenvalue weighted by Gasteiger charge is -2.32. The molecule has 3 N–H and O–H groups in total. The minimum atomic E-state index is -0.326. The van der Waals surface area contributed by atoms with Crippen molar-refractivity contribution in [3.63, 3.8) is 0 Å². The second-order valence-corrected chi connectivity index (χ2v) is 6.63. The van der Waals surface area contributed by atoms with E-state index in [1.165, 1.54) is 24.4 Å². The van der Waals surface area contributed by atoms with Crippen LogP contribution in [0.2, 0.25) is 0 Å². The third-order valence-electron chi connectivity index (χ3n) is 4.23. The van der Waals surface area contributed by atoms with E-state index >= 15 is 0 Å². The van der Waals surface area contributed by atoms with Gasteiger partial charge in [-0.3, -0.25) is 14.6 Å². The number of hydrogen-bond acceptors (Lipinski definition) is 5. The fourth-order valence-corrected chi connectivity index (χ4v) is 4.03. The zero-order valence-corrected chi connectivity index (χ0v) is 13.7. The number of thiophene rings is 1. The Labute approximate surface area is 135 Å². The number of rotatable bonds is 4. The molecule has 21 heavy (non-hydrogen) atoms. The zero-order valence-electron chi connectivity index (χ0n) is 12.1. The summed E-state index contributed by atoms with van der Waals surface area (Å²) < 4.78 is 0. The first-order valence-electron chi connectivity index (χ1n) is 7.27. The Hall–Kier alpha value is -0.660. The Bertz CT molecular complexity index is 475. The van der Waals surface area contributed by atoms with E-state index in [4.69, 9.17) is 5.73 Å². The predicted octanol–water partition coefficient (Wildman–Crippen LogP) is 0.748. The number of nitrogens with zero attached hydrogens (tertiary/aromatic N) is 2. The van der Waals surface area contributed by atoms with Crippen LogP contribution in [0.25, 0.3) is 0 Å². The van der Waals surface area contributed by atoms with Gasteiger partial charge in [0.2, 0.25) is 5.91 Å². The normalized spacial score (nSPS) is 23.9. The zero-order chi connectivity index (χ0) is 13.9. The van der Waals surface area contributed by atoms with Crippen LogP contribution in [-0.2, 0) is 6.54 Å². The molecule has 5 nitrogen and oxygen atoms in total. The van der Waals surface area contributed by atoms with Gasteiger partial charge < -0.3 is 11.1 Å². The van der Waals surface area contributed by atoms with Gasteiger partial charge in [0.25, 0.3) is 0 Å². The summed E-state index contributed by atoms with van der Waals surface area (Å²) in [6, 6.07) is 2.64. The van der Waals surface area contributed by atoms with Crippen molar-refractivity contribution >= 4 is 29.7 Å². The van der Waals surface area contributed by atoms with E-state index in [0.29, 0.717) is 11.6 Å². The number of likely N-dealkylation sites (tertiary alicyclic amines) is 1. The number of amides is 1. The van der Waals surface area contributed by atoms with Crippen LogP contribution in [0.15, 0.2) is 11.4 Å². The maximum absolute atomic E-state index is 11.1. The summed E-state index contributed by atoms with van der Waals surface area (Å²) in [5.74, 6) is -0.326. The highest BCUT2D eigenvalue weighted by atomic mass is 35.5. The number of piperazine rings is 1. The monoisotopic (exact) mass is 330 g/mol. The van der Waals surface area contributed by atoms with Crippen molar-refractivity contribution < 1.29 is 4.79 Å². The van der Waals surface area contributed by atoms with E-state index in [1.807, 2.05) is 11.4 Å². The summed E-state index contributed by atoms with van der Waals surface area (Å²) in [7, 11) is 0. The van der Waals surface area contributed by atoms with Crippen LogP contribution in [-0.4, -0.2) is 61.0 Å². The van der Waals surface area contributed by atoms with Gasteiger partial charge in [0.15, 0.2) is 0 Å². The highest BCUT2D eigenvalue weighted by Crippen LogP contribution is 2.21. The Morgan fingerprint density at radius 1 is 1.38 bits per heavy atom. The number of primary amides is 1. The molecule has 0 aliphatic carbocycles. The number of halogens is 1. The highest BCUT2D eigenvalue weighted by molar-refractivity contribution is 7.10. The highest BCUT2D eigenvalue weighted by Gasteiger charge is 2.28. The Kier molecular flexibility index (Phi) is 6.01. The fraction of sp³-hybridized carbons (Fsp3) is 0.643. The predicted molar refractivity (Wildman–Crippen MR) is 88.2 cm³/mol. The lowest BCUT2D eigenvalue weighted by Crippen LogP contribution is -2.49. The molecule has 1 amide bonds. The quantitative estimate of drug-likeness (QED) is 0.855. The van der Waals surface area contributed by atoms with Gasteiger partial charge in [-0.05, 0) is 12.5 Å². The lowest BCUT2D eigenvalue weighted by atomic mass is 10.2. The maximum atomic E-state index is 11.1. The van der Waals surface area contributed by atoms with Gasteiger partial charge in [0, 0.05) is 62.1 Å². The first-order valence-corrected chi connectivity index (χ1v) is 8.14. The van der Waals surface area contributed by atoms with Crippen molar-refractivity contribution in [2.24, 2.45) is 5.73 Å². The average Bonchev–Trinajstić information content (AvgIpc) is 3.10. The van der Waals surface area contributed by atoms with E-state index < -0.39 is 0 Å². The molecule has 0 radical (unpaired) electrons. The second-order valence-electron chi connectivity index (χ2n) is 5.63. The molecule has 7 heteroatoms. The SMILES string of the molecule is Cl.NC(=O)c1csc(CN2CCC(N3CCNCC3)C2)c1. The van der Waals surface area contributed by atoms with Gasteiger partial charge in [-0.15, -0.1) is 23.7 Å². The van der Waals surface area contributed by atoms with Crippen molar-refractivity contribution in [3.05, 3.63) is 21.9 Å². The summed E-state index contributed by atoms with van der Waals surface area (Å²) in [6.07, 6.45) is 1.26. The van der Waals surface area contributed by atoms with E-state index in [2.05, 4.69) is 15.1 Å². The van der Waals surface area contributed by atoms with Crippen LogP contribution >= 0.6 is 23.7 Å². The molecule has 0 bridgehead atoms. The molecule has 0 saturated carbocycles. The number of nitrogens with two attached hydrogens (primary N) is 1. The molecular weight excluding hydrogens is 308 g/mol. The van der Waals surface area contributed by atoms with E-state index in [-0.39, 0.29) is 18.3 Å². The molecule has 3 heterocycles. The van der Waals surface area contributed by atoms with Crippen molar-refractivity contribution in [2.75, 3.05) is 39.3 Å². The van der Waals surface area contributed by atoms with Gasteiger partial charge in [0.05, 0.1) is 5.56 Å². The largest absolute Gasteiger partial charge is 0.366 e. The van der Waals surface area contributed by atoms with Crippen molar-refractivity contribution in [2.45, 2.75) is 19.0 Å². The smallest absolute Gasteiger partial charge is 0.249 e. The number of carbonyl (C=O) groups excluding carboxylic acids is 1. The van der Waals surface area contributed by atoms with Crippen LogP contribution in [0, 0.1) is 0 Å². The van der Waals surface area contributed by atoms with Gasteiger partial charge in [-0.1, -0.05) is 0 Å². The molecule has 118 valence electrons. The van der Waals surface area contributed by atoms with E-state index in [1.54, 1.807) is 11.3 Å². The van der Waals surface area contributed by atoms with Crippen LogP contribution in [0.5, 0.6) is 0 Å². The Balaban J connectivity index is 0.00000161. The molecule has 1 unspecified atom stereocenters.